The first-order valence-electron chi connectivity index (χ1n) is 8.67. The van der Waals surface area contributed by atoms with Crippen molar-refractivity contribution in [3.05, 3.63) is 66.0 Å². The Morgan fingerprint density at radius 3 is 2.88 bits per heavy atom. The van der Waals surface area contributed by atoms with Crippen molar-refractivity contribution in [1.29, 1.82) is 0 Å². The summed E-state index contributed by atoms with van der Waals surface area (Å²) in [6, 6.07) is 15.2. The number of ketones is 1. The second kappa shape index (κ2) is 6.59. The Hall–Kier alpha value is -3.21. The van der Waals surface area contributed by atoms with E-state index in [9.17, 15) is 9.59 Å². The highest BCUT2D eigenvalue weighted by molar-refractivity contribution is 6.08. The molecule has 1 atom stereocenters. The lowest BCUT2D eigenvalue weighted by Crippen LogP contribution is -2.19. The lowest BCUT2D eigenvalue weighted by Gasteiger charge is -2.16. The number of amides is 1. The van der Waals surface area contributed by atoms with Crippen LogP contribution < -0.4 is 10.6 Å². The number of aromatic nitrogens is 1. The van der Waals surface area contributed by atoms with Gasteiger partial charge in [-0.2, -0.15) is 0 Å². The number of benzene rings is 2. The van der Waals surface area contributed by atoms with Crippen LogP contribution in [0.3, 0.4) is 0 Å². The predicted molar refractivity (Wildman–Crippen MR) is 103 cm³/mol. The summed E-state index contributed by atoms with van der Waals surface area (Å²) in [4.78, 5) is 29.4. The molecule has 1 aromatic heterocycles. The fraction of sp³-hybridized carbons (Fsp3) is 0.190. The van der Waals surface area contributed by atoms with Gasteiger partial charge in [0.05, 0.1) is 23.5 Å². The second-order valence-corrected chi connectivity index (χ2v) is 6.60. The van der Waals surface area contributed by atoms with Crippen LogP contribution in [0.15, 0.2) is 54.7 Å². The Bertz CT molecular complexity index is 1010. The minimum atomic E-state index is -0.0518. The van der Waals surface area contributed by atoms with Gasteiger partial charge in [-0.1, -0.05) is 30.3 Å². The molecule has 2 aromatic carbocycles. The standard InChI is InChI=1S/C21H19N3O2/c1-13-11-20(26)24-17-8-4-7-16(21(17)23-13)19(25)12-18-15-6-3-2-5-14(15)9-10-22-18/h2-10,13,23H,11-12H2,1H3,(H,24,26). The van der Waals surface area contributed by atoms with Crippen LogP contribution in [0.5, 0.6) is 0 Å². The molecule has 130 valence electrons. The highest BCUT2D eigenvalue weighted by Crippen LogP contribution is 2.31. The van der Waals surface area contributed by atoms with E-state index < -0.39 is 0 Å². The van der Waals surface area contributed by atoms with E-state index in [1.807, 2.05) is 43.3 Å². The molecule has 5 heteroatoms. The molecule has 3 aromatic rings. The van der Waals surface area contributed by atoms with Crippen LogP contribution in [-0.2, 0) is 11.2 Å². The molecule has 0 bridgehead atoms. The quantitative estimate of drug-likeness (QED) is 0.708. The summed E-state index contributed by atoms with van der Waals surface area (Å²) in [7, 11) is 0. The molecule has 1 amide bonds. The molecule has 1 aliphatic heterocycles. The van der Waals surface area contributed by atoms with Crippen molar-refractivity contribution >= 4 is 33.8 Å². The maximum Gasteiger partial charge on any atom is 0.226 e. The third kappa shape index (κ3) is 3.04. The Morgan fingerprint density at radius 2 is 2.00 bits per heavy atom. The van der Waals surface area contributed by atoms with E-state index >= 15 is 0 Å². The molecule has 26 heavy (non-hydrogen) atoms. The summed E-state index contributed by atoms with van der Waals surface area (Å²) in [5.41, 5.74) is 2.68. The smallest absolute Gasteiger partial charge is 0.226 e. The zero-order chi connectivity index (χ0) is 18.1. The molecule has 0 aliphatic carbocycles. The minimum absolute atomic E-state index is 0.0263. The van der Waals surface area contributed by atoms with Crippen molar-refractivity contribution in [3.63, 3.8) is 0 Å². The van der Waals surface area contributed by atoms with Gasteiger partial charge < -0.3 is 10.6 Å². The van der Waals surface area contributed by atoms with Gasteiger partial charge in [-0.15, -0.1) is 0 Å². The Kier molecular flexibility index (Phi) is 4.13. The topological polar surface area (TPSA) is 71.1 Å². The Balaban J connectivity index is 1.71. The number of para-hydroxylation sites is 1. The number of Topliss-reactive ketones (excluding diaryl/α,β-unsaturated/α-hetero) is 1. The van der Waals surface area contributed by atoms with E-state index in [1.54, 1.807) is 18.3 Å². The first-order chi connectivity index (χ1) is 12.6. The van der Waals surface area contributed by atoms with Crippen molar-refractivity contribution in [2.45, 2.75) is 25.8 Å². The number of anilines is 2. The third-order valence-electron chi connectivity index (χ3n) is 4.61. The SMILES string of the molecule is CC1CC(=O)Nc2cccc(C(=O)Cc3nccc4ccccc34)c2N1. The van der Waals surface area contributed by atoms with Crippen molar-refractivity contribution in [1.82, 2.24) is 4.98 Å². The first kappa shape index (κ1) is 16.3. The average Bonchev–Trinajstić information content (AvgIpc) is 2.78. The lowest BCUT2D eigenvalue weighted by atomic mass is 10.00. The second-order valence-electron chi connectivity index (χ2n) is 6.60. The van der Waals surface area contributed by atoms with Crippen molar-refractivity contribution in [2.75, 3.05) is 10.6 Å². The number of rotatable bonds is 3. The number of carbonyl (C=O) groups is 2. The summed E-state index contributed by atoms with van der Waals surface area (Å²) < 4.78 is 0. The Morgan fingerprint density at radius 1 is 1.15 bits per heavy atom. The normalized spacial score (nSPS) is 16.3. The Labute approximate surface area is 151 Å². The summed E-state index contributed by atoms with van der Waals surface area (Å²) >= 11 is 0. The lowest BCUT2D eigenvalue weighted by molar-refractivity contribution is -0.116. The van der Waals surface area contributed by atoms with Gasteiger partial charge in [0.2, 0.25) is 5.91 Å². The number of hydrogen-bond acceptors (Lipinski definition) is 4. The van der Waals surface area contributed by atoms with E-state index in [0.29, 0.717) is 23.4 Å². The molecule has 4 rings (SSSR count). The number of pyridine rings is 1. The highest BCUT2D eigenvalue weighted by Gasteiger charge is 2.23. The predicted octanol–water partition coefficient (Wildman–Crippen LogP) is 3.80. The number of fused-ring (bicyclic) bond motifs is 2. The fourth-order valence-corrected chi connectivity index (χ4v) is 3.39. The fourth-order valence-electron chi connectivity index (χ4n) is 3.39. The molecule has 1 unspecified atom stereocenters. The summed E-state index contributed by atoms with van der Waals surface area (Å²) in [6.45, 7) is 1.93. The highest BCUT2D eigenvalue weighted by atomic mass is 16.1. The largest absolute Gasteiger partial charge is 0.380 e. The van der Waals surface area contributed by atoms with Crippen LogP contribution in [0.1, 0.15) is 29.4 Å². The van der Waals surface area contributed by atoms with Crippen LogP contribution in [0.25, 0.3) is 10.8 Å². The number of nitrogens with one attached hydrogen (secondary N) is 2. The van der Waals surface area contributed by atoms with Crippen LogP contribution >= 0.6 is 0 Å². The van der Waals surface area contributed by atoms with Gasteiger partial charge in [-0.25, -0.2) is 0 Å². The molecule has 5 nitrogen and oxygen atoms in total. The number of hydrogen-bond donors (Lipinski definition) is 2. The average molecular weight is 345 g/mol. The summed E-state index contributed by atoms with van der Waals surface area (Å²) in [5.74, 6) is -0.0781. The van der Waals surface area contributed by atoms with Crippen molar-refractivity contribution in [2.24, 2.45) is 0 Å². The summed E-state index contributed by atoms with van der Waals surface area (Å²) in [6.07, 6.45) is 2.31. The molecule has 0 spiro atoms. The van der Waals surface area contributed by atoms with Crippen LogP contribution in [-0.4, -0.2) is 22.7 Å². The van der Waals surface area contributed by atoms with Gasteiger partial charge in [0, 0.05) is 29.6 Å². The van der Waals surface area contributed by atoms with Crippen molar-refractivity contribution in [3.8, 4) is 0 Å². The number of nitrogens with zero attached hydrogens (tertiary/aromatic N) is 1. The van der Waals surface area contributed by atoms with E-state index in [-0.39, 0.29) is 24.2 Å². The van der Waals surface area contributed by atoms with Gasteiger partial charge in [0.25, 0.3) is 0 Å². The van der Waals surface area contributed by atoms with E-state index in [2.05, 4.69) is 15.6 Å². The molecule has 2 heterocycles. The molecular weight excluding hydrogens is 326 g/mol. The number of carbonyl (C=O) groups excluding carboxylic acids is 2. The molecule has 2 N–H and O–H groups in total. The van der Waals surface area contributed by atoms with Gasteiger partial charge >= 0.3 is 0 Å². The van der Waals surface area contributed by atoms with E-state index in [4.69, 9.17) is 0 Å². The van der Waals surface area contributed by atoms with Gasteiger partial charge in [0.1, 0.15) is 0 Å². The molecule has 0 radical (unpaired) electrons. The zero-order valence-corrected chi connectivity index (χ0v) is 14.5. The first-order valence-corrected chi connectivity index (χ1v) is 8.67. The minimum Gasteiger partial charge on any atom is -0.380 e. The third-order valence-corrected chi connectivity index (χ3v) is 4.61. The van der Waals surface area contributed by atoms with Crippen LogP contribution in [0, 0.1) is 0 Å². The van der Waals surface area contributed by atoms with E-state index in [0.717, 1.165) is 16.5 Å². The monoisotopic (exact) mass is 345 g/mol. The van der Waals surface area contributed by atoms with Gasteiger partial charge in [0.15, 0.2) is 5.78 Å². The molecule has 1 aliphatic rings. The molecule has 0 saturated heterocycles. The molecule has 0 saturated carbocycles. The maximum atomic E-state index is 13.0. The zero-order valence-electron chi connectivity index (χ0n) is 14.5. The van der Waals surface area contributed by atoms with Crippen molar-refractivity contribution < 1.29 is 9.59 Å². The van der Waals surface area contributed by atoms with E-state index in [1.165, 1.54) is 0 Å². The van der Waals surface area contributed by atoms with Gasteiger partial charge in [-0.3, -0.25) is 14.6 Å². The van der Waals surface area contributed by atoms with Crippen LogP contribution in [0.4, 0.5) is 11.4 Å². The molecule has 0 fully saturated rings. The summed E-state index contributed by atoms with van der Waals surface area (Å²) in [5, 5.41) is 8.22. The maximum absolute atomic E-state index is 13.0. The van der Waals surface area contributed by atoms with Gasteiger partial charge in [-0.05, 0) is 30.5 Å². The van der Waals surface area contributed by atoms with Crippen LogP contribution in [0.2, 0.25) is 0 Å². The molecular formula is C21H19N3O2.